The quantitative estimate of drug-likeness (QED) is 0.789. The van der Waals surface area contributed by atoms with Gasteiger partial charge in [-0.25, -0.2) is 0 Å². The van der Waals surface area contributed by atoms with Gasteiger partial charge in [0.25, 0.3) is 0 Å². The Kier molecular flexibility index (Phi) is 4.39. The zero-order valence-electron chi connectivity index (χ0n) is 10.5. The summed E-state index contributed by atoms with van der Waals surface area (Å²) in [6, 6.07) is 5.70. The van der Waals surface area contributed by atoms with Crippen LogP contribution in [-0.4, -0.2) is 28.7 Å². The molecule has 5 nitrogen and oxygen atoms in total. The molecule has 1 aliphatic heterocycles. The highest BCUT2D eigenvalue weighted by atomic mass is 35.5. The number of piperidine rings is 1. The van der Waals surface area contributed by atoms with Crippen LogP contribution in [0.25, 0.3) is 10.9 Å². The van der Waals surface area contributed by atoms with E-state index in [1.165, 1.54) is 0 Å². The Labute approximate surface area is 117 Å². The van der Waals surface area contributed by atoms with E-state index in [9.17, 15) is 4.79 Å². The van der Waals surface area contributed by atoms with E-state index < -0.39 is 0 Å². The number of rotatable bonds is 2. The van der Waals surface area contributed by atoms with Gasteiger partial charge in [-0.05, 0) is 25.5 Å². The molecule has 1 unspecified atom stereocenters. The SMILES string of the molecule is Cl.O=C(Nc1cccc2cn[nH]c12)C1CCCCN1. The Morgan fingerprint density at radius 3 is 3.05 bits per heavy atom. The summed E-state index contributed by atoms with van der Waals surface area (Å²) in [6.07, 6.45) is 4.92. The van der Waals surface area contributed by atoms with Crippen LogP contribution in [0.1, 0.15) is 19.3 Å². The van der Waals surface area contributed by atoms with Crippen LogP contribution in [-0.2, 0) is 4.79 Å². The summed E-state index contributed by atoms with van der Waals surface area (Å²) in [6.45, 7) is 0.923. The van der Waals surface area contributed by atoms with Gasteiger partial charge in [-0.2, -0.15) is 5.10 Å². The van der Waals surface area contributed by atoms with E-state index in [4.69, 9.17) is 0 Å². The van der Waals surface area contributed by atoms with E-state index in [1.807, 2.05) is 18.2 Å². The van der Waals surface area contributed by atoms with Crippen LogP contribution in [0.5, 0.6) is 0 Å². The molecule has 2 aromatic rings. The summed E-state index contributed by atoms with van der Waals surface area (Å²) in [7, 11) is 0. The average molecular weight is 281 g/mol. The number of fused-ring (bicyclic) bond motifs is 1. The van der Waals surface area contributed by atoms with Gasteiger partial charge in [-0.15, -0.1) is 12.4 Å². The maximum atomic E-state index is 12.1. The standard InChI is InChI=1S/C13H16N4O.ClH/c18-13(11-5-1-2-7-14-11)16-10-6-3-4-9-8-15-17-12(9)10;/h3-4,6,8,11,14H,1-2,5,7H2,(H,15,17)(H,16,18);1H. The number of anilines is 1. The van der Waals surface area contributed by atoms with E-state index in [0.717, 1.165) is 42.4 Å². The maximum absolute atomic E-state index is 12.1. The fraction of sp³-hybridized carbons (Fsp3) is 0.385. The molecule has 102 valence electrons. The zero-order valence-corrected chi connectivity index (χ0v) is 11.3. The number of aromatic amines is 1. The summed E-state index contributed by atoms with van der Waals surface area (Å²) in [5, 5.41) is 14.1. The number of benzene rings is 1. The molecule has 1 aliphatic rings. The number of aromatic nitrogens is 2. The topological polar surface area (TPSA) is 69.8 Å². The van der Waals surface area contributed by atoms with Crippen molar-refractivity contribution in [3.8, 4) is 0 Å². The number of carbonyl (C=O) groups is 1. The molecular weight excluding hydrogens is 264 g/mol. The molecule has 0 saturated carbocycles. The molecule has 0 aliphatic carbocycles. The third-order valence-electron chi connectivity index (χ3n) is 3.36. The number of H-pyrrole nitrogens is 1. The first-order chi connectivity index (χ1) is 8.84. The molecule has 2 heterocycles. The highest BCUT2D eigenvalue weighted by Gasteiger charge is 2.20. The van der Waals surface area contributed by atoms with Crippen LogP contribution in [0.3, 0.4) is 0 Å². The Balaban J connectivity index is 0.00000133. The second-order valence-corrected chi connectivity index (χ2v) is 4.63. The van der Waals surface area contributed by atoms with Gasteiger partial charge >= 0.3 is 0 Å². The van der Waals surface area contributed by atoms with E-state index in [0.29, 0.717) is 0 Å². The highest BCUT2D eigenvalue weighted by Crippen LogP contribution is 2.21. The molecule has 1 atom stereocenters. The summed E-state index contributed by atoms with van der Waals surface area (Å²) in [5.41, 5.74) is 1.67. The Bertz CT molecular complexity index is 563. The fourth-order valence-corrected chi connectivity index (χ4v) is 2.37. The normalized spacial score (nSPS) is 18.8. The summed E-state index contributed by atoms with van der Waals surface area (Å²) >= 11 is 0. The van der Waals surface area contributed by atoms with Crippen molar-refractivity contribution in [2.45, 2.75) is 25.3 Å². The average Bonchev–Trinajstić information content (AvgIpc) is 2.89. The number of carbonyl (C=O) groups excluding carboxylic acids is 1. The predicted molar refractivity (Wildman–Crippen MR) is 77.6 cm³/mol. The molecule has 1 fully saturated rings. The van der Waals surface area contributed by atoms with Crippen molar-refractivity contribution in [1.82, 2.24) is 15.5 Å². The van der Waals surface area contributed by atoms with Gasteiger partial charge in [0.1, 0.15) is 0 Å². The lowest BCUT2D eigenvalue weighted by molar-refractivity contribution is -0.118. The van der Waals surface area contributed by atoms with E-state index in [1.54, 1.807) is 6.20 Å². The molecule has 3 N–H and O–H groups in total. The Morgan fingerprint density at radius 1 is 1.37 bits per heavy atom. The van der Waals surface area contributed by atoms with Crippen LogP contribution in [0.2, 0.25) is 0 Å². The van der Waals surface area contributed by atoms with E-state index >= 15 is 0 Å². The van der Waals surface area contributed by atoms with Crippen LogP contribution in [0, 0.1) is 0 Å². The van der Waals surface area contributed by atoms with Crippen molar-refractivity contribution < 1.29 is 4.79 Å². The highest BCUT2D eigenvalue weighted by molar-refractivity contribution is 6.02. The second kappa shape index (κ2) is 6.04. The molecule has 0 spiro atoms. The lowest BCUT2D eigenvalue weighted by Crippen LogP contribution is -2.43. The molecule has 3 rings (SSSR count). The third kappa shape index (κ3) is 2.88. The van der Waals surface area contributed by atoms with Crippen LogP contribution in [0.15, 0.2) is 24.4 Å². The van der Waals surface area contributed by atoms with Crippen LogP contribution >= 0.6 is 12.4 Å². The molecule has 1 amide bonds. The summed E-state index contributed by atoms with van der Waals surface area (Å²) in [4.78, 5) is 12.1. The van der Waals surface area contributed by atoms with Gasteiger partial charge in [0.05, 0.1) is 23.4 Å². The van der Waals surface area contributed by atoms with Crippen molar-refractivity contribution in [3.05, 3.63) is 24.4 Å². The molecule has 0 radical (unpaired) electrons. The monoisotopic (exact) mass is 280 g/mol. The third-order valence-corrected chi connectivity index (χ3v) is 3.36. The first-order valence-electron chi connectivity index (χ1n) is 6.31. The number of halogens is 1. The number of hydrogen-bond acceptors (Lipinski definition) is 3. The van der Waals surface area contributed by atoms with E-state index in [2.05, 4.69) is 20.8 Å². The molecule has 1 saturated heterocycles. The van der Waals surface area contributed by atoms with Gasteiger partial charge in [-0.3, -0.25) is 9.89 Å². The molecule has 1 aromatic carbocycles. The van der Waals surface area contributed by atoms with Crippen LogP contribution in [0.4, 0.5) is 5.69 Å². The van der Waals surface area contributed by atoms with Crippen molar-refractivity contribution in [1.29, 1.82) is 0 Å². The molecule has 19 heavy (non-hydrogen) atoms. The molecule has 6 heteroatoms. The number of nitrogens with zero attached hydrogens (tertiary/aromatic N) is 1. The lowest BCUT2D eigenvalue weighted by atomic mass is 10.0. The van der Waals surface area contributed by atoms with Crippen molar-refractivity contribution >= 4 is 34.9 Å². The van der Waals surface area contributed by atoms with Gasteiger partial charge < -0.3 is 10.6 Å². The number of hydrogen-bond donors (Lipinski definition) is 3. The lowest BCUT2D eigenvalue weighted by Gasteiger charge is -2.22. The van der Waals surface area contributed by atoms with Gasteiger partial charge in [0.15, 0.2) is 0 Å². The van der Waals surface area contributed by atoms with Gasteiger partial charge in [0, 0.05) is 5.39 Å². The molecule has 0 bridgehead atoms. The number of para-hydroxylation sites is 1. The van der Waals surface area contributed by atoms with E-state index in [-0.39, 0.29) is 24.4 Å². The minimum absolute atomic E-state index is 0. The Morgan fingerprint density at radius 2 is 2.26 bits per heavy atom. The molecule has 1 aromatic heterocycles. The first kappa shape index (κ1) is 13.8. The van der Waals surface area contributed by atoms with Crippen molar-refractivity contribution in [3.63, 3.8) is 0 Å². The second-order valence-electron chi connectivity index (χ2n) is 4.63. The fourth-order valence-electron chi connectivity index (χ4n) is 2.37. The Hall–Kier alpha value is -1.59. The minimum Gasteiger partial charge on any atom is -0.323 e. The van der Waals surface area contributed by atoms with Crippen molar-refractivity contribution in [2.24, 2.45) is 0 Å². The maximum Gasteiger partial charge on any atom is 0.241 e. The smallest absolute Gasteiger partial charge is 0.241 e. The molecular formula is C13H17ClN4O. The largest absolute Gasteiger partial charge is 0.323 e. The summed E-state index contributed by atoms with van der Waals surface area (Å²) < 4.78 is 0. The van der Waals surface area contributed by atoms with Crippen LogP contribution < -0.4 is 10.6 Å². The zero-order chi connectivity index (χ0) is 12.4. The van der Waals surface area contributed by atoms with Gasteiger partial charge in [0.2, 0.25) is 5.91 Å². The van der Waals surface area contributed by atoms with Crippen molar-refractivity contribution in [2.75, 3.05) is 11.9 Å². The van der Waals surface area contributed by atoms with Gasteiger partial charge in [-0.1, -0.05) is 18.6 Å². The number of amides is 1. The first-order valence-corrected chi connectivity index (χ1v) is 6.31. The number of nitrogens with one attached hydrogen (secondary N) is 3. The summed E-state index contributed by atoms with van der Waals surface area (Å²) in [5.74, 6) is 0.0387. The minimum atomic E-state index is -0.0723. The predicted octanol–water partition coefficient (Wildman–Crippen LogP) is 2.07.